The predicted octanol–water partition coefficient (Wildman–Crippen LogP) is 4.16. The first-order valence-corrected chi connectivity index (χ1v) is 9.65. The molecular formula is C24H20FNO5. The summed E-state index contributed by atoms with van der Waals surface area (Å²) in [5, 5.41) is 29.3. The SMILES string of the molecule is O=C(O)c1cccc2c1c(C[C@H](O)CO)cn2-c1ccc(Oc2ccc(F)cc2)cc1. The number of ether oxygens (including phenoxy) is 1. The monoisotopic (exact) mass is 421 g/mol. The number of hydrogen-bond donors (Lipinski definition) is 3. The standard InChI is InChI=1S/C24H20FNO5/c25-16-4-8-19(9-5-16)31-20-10-6-17(7-11-20)26-13-15(12-18(28)14-27)23-21(24(29)30)2-1-3-22(23)26/h1-11,13,18,27-28H,12,14H2,(H,29,30)/t18-/m0/s1. The van der Waals surface area contributed by atoms with Crippen molar-refractivity contribution in [3.63, 3.8) is 0 Å². The summed E-state index contributed by atoms with van der Waals surface area (Å²) < 4.78 is 20.6. The topological polar surface area (TPSA) is 91.9 Å². The zero-order valence-electron chi connectivity index (χ0n) is 16.4. The maximum atomic E-state index is 13.1. The van der Waals surface area contributed by atoms with Gasteiger partial charge in [-0.3, -0.25) is 0 Å². The third-order valence-electron chi connectivity index (χ3n) is 4.97. The summed E-state index contributed by atoms with van der Waals surface area (Å²) in [7, 11) is 0. The molecule has 3 N–H and O–H groups in total. The van der Waals surface area contributed by atoms with E-state index in [9.17, 15) is 24.5 Å². The Morgan fingerprint density at radius 2 is 1.65 bits per heavy atom. The van der Waals surface area contributed by atoms with Crippen molar-refractivity contribution in [3.05, 3.63) is 89.9 Å². The van der Waals surface area contributed by atoms with E-state index in [1.165, 1.54) is 30.3 Å². The van der Waals surface area contributed by atoms with Gasteiger partial charge in [-0.1, -0.05) is 6.07 Å². The largest absolute Gasteiger partial charge is 0.478 e. The first kappa shape index (κ1) is 20.6. The summed E-state index contributed by atoms with van der Waals surface area (Å²) in [5.41, 5.74) is 2.20. The van der Waals surface area contributed by atoms with Crippen LogP contribution in [0.25, 0.3) is 16.6 Å². The zero-order valence-corrected chi connectivity index (χ0v) is 16.4. The lowest BCUT2D eigenvalue weighted by Crippen LogP contribution is -2.15. The minimum atomic E-state index is -1.06. The second-order valence-electron chi connectivity index (χ2n) is 7.12. The highest BCUT2D eigenvalue weighted by Crippen LogP contribution is 2.30. The van der Waals surface area contributed by atoms with E-state index in [-0.39, 0.29) is 17.8 Å². The molecule has 1 heterocycles. The molecule has 0 spiro atoms. The van der Waals surface area contributed by atoms with E-state index in [1.54, 1.807) is 30.5 Å². The Kier molecular flexibility index (Phi) is 5.70. The molecule has 31 heavy (non-hydrogen) atoms. The molecule has 0 saturated heterocycles. The molecule has 0 amide bonds. The van der Waals surface area contributed by atoms with Gasteiger partial charge in [0.15, 0.2) is 0 Å². The van der Waals surface area contributed by atoms with Crippen LogP contribution in [-0.4, -0.2) is 38.6 Å². The number of benzene rings is 3. The molecule has 0 bridgehead atoms. The number of aliphatic hydroxyl groups excluding tert-OH is 2. The molecule has 0 aliphatic heterocycles. The molecule has 1 atom stereocenters. The van der Waals surface area contributed by atoms with Gasteiger partial charge in [0.1, 0.15) is 17.3 Å². The van der Waals surface area contributed by atoms with E-state index >= 15 is 0 Å². The van der Waals surface area contributed by atoms with Crippen LogP contribution < -0.4 is 4.74 Å². The summed E-state index contributed by atoms with van der Waals surface area (Å²) >= 11 is 0. The Hall–Kier alpha value is -3.68. The molecule has 0 aliphatic carbocycles. The van der Waals surface area contributed by atoms with Gasteiger partial charge < -0.3 is 24.6 Å². The van der Waals surface area contributed by atoms with Gasteiger partial charge >= 0.3 is 5.97 Å². The quantitative estimate of drug-likeness (QED) is 0.417. The fourth-order valence-electron chi connectivity index (χ4n) is 3.55. The number of halogens is 1. The van der Waals surface area contributed by atoms with Crippen molar-refractivity contribution in [2.24, 2.45) is 0 Å². The minimum absolute atomic E-state index is 0.121. The summed E-state index contributed by atoms with van der Waals surface area (Å²) in [6, 6.07) is 17.8. The van der Waals surface area contributed by atoms with Crippen molar-refractivity contribution < 1.29 is 29.2 Å². The van der Waals surface area contributed by atoms with Gasteiger partial charge in [-0.15, -0.1) is 0 Å². The molecule has 6 nitrogen and oxygen atoms in total. The lowest BCUT2D eigenvalue weighted by molar-refractivity contribution is 0.0698. The maximum absolute atomic E-state index is 13.1. The van der Waals surface area contributed by atoms with E-state index in [4.69, 9.17) is 4.74 Å². The van der Waals surface area contributed by atoms with Crippen LogP contribution in [0.5, 0.6) is 11.5 Å². The Labute approximate surface area is 177 Å². The smallest absolute Gasteiger partial charge is 0.336 e. The van der Waals surface area contributed by atoms with Gasteiger partial charge in [-0.25, -0.2) is 9.18 Å². The fraction of sp³-hybridized carbons (Fsp3) is 0.125. The predicted molar refractivity (Wildman–Crippen MR) is 114 cm³/mol. The number of fused-ring (bicyclic) bond motifs is 1. The molecule has 0 unspecified atom stereocenters. The van der Waals surface area contributed by atoms with E-state index in [0.717, 1.165) is 5.69 Å². The van der Waals surface area contributed by atoms with Crippen LogP contribution in [0.3, 0.4) is 0 Å². The molecule has 0 saturated carbocycles. The van der Waals surface area contributed by atoms with Crippen molar-refractivity contribution in [2.75, 3.05) is 6.61 Å². The van der Waals surface area contributed by atoms with Crippen LogP contribution >= 0.6 is 0 Å². The summed E-state index contributed by atoms with van der Waals surface area (Å²) in [6.45, 7) is -0.419. The van der Waals surface area contributed by atoms with Crippen LogP contribution in [0.4, 0.5) is 4.39 Å². The molecular weight excluding hydrogens is 401 g/mol. The second-order valence-corrected chi connectivity index (χ2v) is 7.12. The van der Waals surface area contributed by atoms with Crippen LogP contribution in [0, 0.1) is 5.82 Å². The number of aliphatic hydroxyl groups is 2. The van der Waals surface area contributed by atoms with Gasteiger partial charge in [-0.05, 0) is 66.2 Å². The highest BCUT2D eigenvalue weighted by molar-refractivity contribution is 6.05. The zero-order chi connectivity index (χ0) is 22.0. The number of aromatic carboxylic acids is 1. The Bertz CT molecular complexity index is 1220. The Morgan fingerprint density at radius 1 is 1.00 bits per heavy atom. The third kappa shape index (κ3) is 4.28. The summed E-state index contributed by atoms with van der Waals surface area (Å²) in [4.78, 5) is 11.7. The van der Waals surface area contributed by atoms with Crippen LogP contribution in [0.15, 0.2) is 72.9 Å². The van der Waals surface area contributed by atoms with Crippen molar-refractivity contribution in [3.8, 4) is 17.2 Å². The van der Waals surface area contributed by atoms with Crippen LogP contribution in [0.2, 0.25) is 0 Å². The Morgan fingerprint density at radius 3 is 2.26 bits per heavy atom. The van der Waals surface area contributed by atoms with E-state index < -0.39 is 18.7 Å². The van der Waals surface area contributed by atoms with Crippen molar-refractivity contribution in [1.29, 1.82) is 0 Å². The van der Waals surface area contributed by atoms with Gasteiger partial charge in [0.05, 0.1) is 23.8 Å². The van der Waals surface area contributed by atoms with Crippen molar-refractivity contribution in [2.45, 2.75) is 12.5 Å². The molecule has 4 rings (SSSR count). The van der Waals surface area contributed by atoms with E-state index in [0.29, 0.717) is 28.0 Å². The lowest BCUT2D eigenvalue weighted by Gasteiger charge is -2.09. The Balaban J connectivity index is 1.72. The van der Waals surface area contributed by atoms with E-state index in [2.05, 4.69) is 0 Å². The molecule has 3 aromatic carbocycles. The molecule has 158 valence electrons. The average Bonchev–Trinajstić information content (AvgIpc) is 3.14. The first-order valence-electron chi connectivity index (χ1n) is 9.65. The number of carboxylic acid groups (broad SMARTS) is 1. The van der Waals surface area contributed by atoms with Gasteiger partial charge in [0, 0.05) is 23.7 Å². The highest BCUT2D eigenvalue weighted by atomic mass is 19.1. The lowest BCUT2D eigenvalue weighted by atomic mass is 10.0. The minimum Gasteiger partial charge on any atom is -0.478 e. The molecule has 0 fully saturated rings. The average molecular weight is 421 g/mol. The fourth-order valence-corrected chi connectivity index (χ4v) is 3.55. The van der Waals surface area contributed by atoms with Crippen LogP contribution in [-0.2, 0) is 6.42 Å². The van der Waals surface area contributed by atoms with Gasteiger partial charge in [-0.2, -0.15) is 0 Å². The number of aromatic nitrogens is 1. The van der Waals surface area contributed by atoms with Crippen molar-refractivity contribution >= 4 is 16.9 Å². The summed E-state index contributed by atoms with van der Waals surface area (Å²) in [6.07, 6.45) is 0.898. The molecule has 1 aromatic heterocycles. The number of carboxylic acids is 1. The first-order chi connectivity index (χ1) is 15.0. The van der Waals surface area contributed by atoms with Crippen molar-refractivity contribution in [1.82, 2.24) is 4.57 Å². The highest BCUT2D eigenvalue weighted by Gasteiger charge is 2.19. The van der Waals surface area contributed by atoms with Crippen LogP contribution in [0.1, 0.15) is 15.9 Å². The number of rotatable bonds is 7. The second kappa shape index (κ2) is 8.59. The van der Waals surface area contributed by atoms with Gasteiger partial charge in [0.25, 0.3) is 0 Å². The molecule has 0 radical (unpaired) electrons. The molecule has 0 aliphatic rings. The number of carbonyl (C=O) groups is 1. The third-order valence-corrected chi connectivity index (χ3v) is 4.97. The molecule has 4 aromatic rings. The molecule has 7 heteroatoms. The summed E-state index contributed by atoms with van der Waals surface area (Å²) in [5.74, 6) is -0.336. The number of nitrogens with zero attached hydrogens (tertiary/aromatic N) is 1. The maximum Gasteiger partial charge on any atom is 0.336 e. The van der Waals surface area contributed by atoms with E-state index in [1.807, 2.05) is 16.7 Å². The number of hydrogen-bond acceptors (Lipinski definition) is 4. The normalized spacial score (nSPS) is 12.1. The van der Waals surface area contributed by atoms with Gasteiger partial charge in [0.2, 0.25) is 0 Å².